The lowest BCUT2D eigenvalue weighted by Gasteiger charge is -2.46. The molecular formula is C21H36N2O8S. The predicted molar refractivity (Wildman–Crippen MR) is 119 cm³/mol. The molecule has 0 aromatic carbocycles. The van der Waals surface area contributed by atoms with Crippen molar-refractivity contribution in [3.05, 3.63) is 0 Å². The van der Waals surface area contributed by atoms with Gasteiger partial charge in [0, 0.05) is 50.6 Å². The van der Waals surface area contributed by atoms with Gasteiger partial charge in [-0.1, -0.05) is 32.5 Å². The molecular weight excluding hydrogens is 440 g/mol. The lowest BCUT2D eigenvalue weighted by molar-refractivity contribution is -0.425. The molecule has 1 heterocycles. The van der Waals surface area contributed by atoms with Gasteiger partial charge in [0.2, 0.25) is 11.8 Å². The molecule has 1 aliphatic heterocycles. The summed E-state index contributed by atoms with van der Waals surface area (Å²) in [6.45, 7) is 6.48. The van der Waals surface area contributed by atoms with Crippen LogP contribution in [0.1, 0.15) is 52.9 Å². The fourth-order valence-corrected chi connectivity index (χ4v) is 3.69. The molecule has 0 aliphatic carbocycles. The molecule has 1 unspecified atom stereocenters. The van der Waals surface area contributed by atoms with Crippen LogP contribution in [-0.4, -0.2) is 74.6 Å². The molecule has 11 heteroatoms. The van der Waals surface area contributed by atoms with Crippen molar-refractivity contribution in [3.63, 3.8) is 0 Å². The summed E-state index contributed by atoms with van der Waals surface area (Å²) in [6.07, 6.45) is 0.725. The van der Waals surface area contributed by atoms with Crippen molar-refractivity contribution in [2.24, 2.45) is 5.41 Å². The summed E-state index contributed by atoms with van der Waals surface area (Å²) in [5, 5.41) is 5.31. The van der Waals surface area contributed by atoms with Crippen molar-refractivity contribution in [3.8, 4) is 0 Å². The van der Waals surface area contributed by atoms with Gasteiger partial charge in [-0.2, -0.15) is 0 Å². The zero-order valence-corrected chi connectivity index (χ0v) is 20.4. The van der Waals surface area contributed by atoms with Crippen LogP contribution in [0.2, 0.25) is 0 Å². The first-order valence-electron chi connectivity index (χ1n) is 10.7. The normalized spacial score (nSPS) is 22.1. The van der Waals surface area contributed by atoms with E-state index in [4.69, 9.17) is 14.2 Å². The standard InChI is InChI=1S/C21H36N2O8S/c1-6-10-21(29-5)30-14-20(2,3)18(31-21)19(27)23-11-9-15(24)22-12-13-32-17(26)8-7-16(25)28-4/h18H,6-14H2,1-5H3,(H,22,24)(H,23,27)/t18-,21?/m0/s1. The van der Waals surface area contributed by atoms with E-state index in [1.165, 1.54) is 14.2 Å². The van der Waals surface area contributed by atoms with Gasteiger partial charge in [-0.15, -0.1) is 0 Å². The number of esters is 1. The summed E-state index contributed by atoms with van der Waals surface area (Å²) < 4.78 is 21.6. The molecule has 2 amide bonds. The van der Waals surface area contributed by atoms with Gasteiger partial charge in [0.15, 0.2) is 5.12 Å². The van der Waals surface area contributed by atoms with E-state index in [0.29, 0.717) is 25.3 Å². The zero-order valence-electron chi connectivity index (χ0n) is 19.6. The van der Waals surface area contributed by atoms with Crippen LogP contribution in [0, 0.1) is 5.41 Å². The van der Waals surface area contributed by atoms with Crippen molar-refractivity contribution < 1.29 is 38.1 Å². The van der Waals surface area contributed by atoms with Gasteiger partial charge in [-0.05, 0) is 6.42 Å². The van der Waals surface area contributed by atoms with Crippen molar-refractivity contribution >= 4 is 34.7 Å². The molecule has 10 nitrogen and oxygen atoms in total. The van der Waals surface area contributed by atoms with Gasteiger partial charge in [0.1, 0.15) is 6.10 Å². The summed E-state index contributed by atoms with van der Waals surface area (Å²) in [5.41, 5.74) is -0.556. The second-order valence-electron chi connectivity index (χ2n) is 8.10. The third-order valence-electron chi connectivity index (χ3n) is 4.88. The van der Waals surface area contributed by atoms with Crippen molar-refractivity contribution in [2.45, 2.75) is 65.0 Å². The highest BCUT2D eigenvalue weighted by molar-refractivity contribution is 8.13. The molecule has 0 aromatic rings. The monoisotopic (exact) mass is 476 g/mol. The van der Waals surface area contributed by atoms with E-state index >= 15 is 0 Å². The minimum atomic E-state index is -1.24. The Hall–Kier alpha value is -1.69. The van der Waals surface area contributed by atoms with Crippen LogP contribution in [0.4, 0.5) is 0 Å². The third kappa shape index (κ3) is 9.43. The third-order valence-corrected chi connectivity index (χ3v) is 5.81. The highest BCUT2D eigenvalue weighted by Crippen LogP contribution is 2.37. The van der Waals surface area contributed by atoms with Gasteiger partial charge in [0.05, 0.1) is 20.1 Å². The molecule has 1 rings (SSSR count). The maximum atomic E-state index is 12.7. The average molecular weight is 477 g/mol. The molecule has 0 bridgehead atoms. The smallest absolute Gasteiger partial charge is 0.305 e. The first-order chi connectivity index (χ1) is 15.1. The molecule has 2 atom stereocenters. The molecule has 184 valence electrons. The molecule has 2 N–H and O–H groups in total. The summed E-state index contributed by atoms with van der Waals surface area (Å²) >= 11 is 1.05. The second-order valence-corrected chi connectivity index (χ2v) is 9.25. The Morgan fingerprint density at radius 2 is 1.78 bits per heavy atom. The van der Waals surface area contributed by atoms with E-state index in [2.05, 4.69) is 15.4 Å². The van der Waals surface area contributed by atoms with Crippen LogP contribution >= 0.6 is 11.8 Å². The van der Waals surface area contributed by atoms with E-state index in [1.54, 1.807) is 0 Å². The summed E-state index contributed by atoms with van der Waals surface area (Å²) in [6, 6.07) is 0. The predicted octanol–water partition coefficient (Wildman–Crippen LogP) is 1.36. The summed E-state index contributed by atoms with van der Waals surface area (Å²) in [7, 11) is 2.76. The Labute approximate surface area is 193 Å². The quantitative estimate of drug-likeness (QED) is 0.299. The van der Waals surface area contributed by atoms with E-state index in [1.807, 2.05) is 20.8 Å². The fraction of sp³-hybridized carbons (Fsp3) is 0.810. The van der Waals surface area contributed by atoms with Crippen molar-refractivity contribution in [2.75, 3.05) is 39.7 Å². The van der Waals surface area contributed by atoms with Crippen LogP contribution in [0.3, 0.4) is 0 Å². The minimum Gasteiger partial charge on any atom is -0.469 e. The molecule has 1 fully saturated rings. The van der Waals surface area contributed by atoms with Crippen LogP contribution in [0.15, 0.2) is 0 Å². The van der Waals surface area contributed by atoms with Crippen LogP contribution in [0.25, 0.3) is 0 Å². The first-order valence-corrected chi connectivity index (χ1v) is 11.7. The van der Waals surface area contributed by atoms with Crippen molar-refractivity contribution in [1.82, 2.24) is 10.6 Å². The van der Waals surface area contributed by atoms with Crippen LogP contribution in [0.5, 0.6) is 0 Å². The number of nitrogens with one attached hydrogen (secondary N) is 2. The molecule has 0 saturated carbocycles. The van der Waals surface area contributed by atoms with Gasteiger partial charge in [-0.3, -0.25) is 19.2 Å². The highest BCUT2D eigenvalue weighted by Gasteiger charge is 2.49. The SMILES string of the molecule is CCCC1(OC)OCC(C)(C)[C@H](C(=O)NCCC(=O)NCCSC(=O)CCC(=O)OC)O1. The fourth-order valence-electron chi connectivity index (χ4n) is 3.01. The largest absolute Gasteiger partial charge is 0.469 e. The van der Waals surface area contributed by atoms with Gasteiger partial charge < -0.3 is 29.6 Å². The Morgan fingerprint density at radius 3 is 2.41 bits per heavy atom. The van der Waals surface area contributed by atoms with E-state index in [-0.39, 0.29) is 42.7 Å². The Balaban J connectivity index is 2.33. The van der Waals surface area contributed by atoms with Gasteiger partial charge >= 0.3 is 5.97 Å². The lowest BCUT2D eigenvalue weighted by atomic mass is 9.85. The molecule has 1 saturated heterocycles. The number of carbonyl (C=O) groups is 4. The second kappa shape index (κ2) is 13.8. The number of ether oxygens (including phenoxy) is 4. The molecule has 0 aromatic heterocycles. The van der Waals surface area contributed by atoms with Crippen LogP contribution < -0.4 is 10.6 Å². The summed E-state index contributed by atoms with van der Waals surface area (Å²) in [5.74, 6) is -1.83. The van der Waals surface area contributed by atoms with Crippen molar-refractivity contribution in [1.29, 1.82) is 0 Å². The molecule has 0 spiro atoms. The average Bonchev–Trinajstić information content (AvgIpc) is 2.76. The maximum Gasteiger partial charge on any atom is 0.305 e. The maximum absolute atomic E-state index is 12.7. The van der Waals surface area contributed by atoms with E-state index in [0.717, 1.165) is 18.2 Å². The van der Waals surface area contributed by atoms with E-state index < -0.39 is 23.5 Å². The van der Waals surface area contributed by atoms with Gasteiger partial charge in [-0.25, -0.2) is 0 Å². The van der Waals surface area contributed by atoms with E-state index in [9.17, 15) is 19.2 Å². The Morgan fingerprint density at radius 1 is 1.06 bits per heavy atom. The highest BCUT2D eigenvalue weighted by atomic mass is 32.2. The molecule has 1 aliphatic rings. The van der Waals surface area contributed by atoms with Crippen LogP contribution in [-0.2, 0) is 38.1 Å². The number of amides is 2. The lowest BCUT2D eigenvalue weighted by Crippen LogP contribution is -2.59. The topological polar surface area (TPSA) is 129 Å². The number of thioether (sulfide) groups is 1. The van der Waals surface area contributed by atoms with Gasteiger partial charge in [0.25, 0.3) is 5.97 Å². The molecule has 32 heavy (non-hydrogen) atoms. The summed E-state index contributed by atoms with van der Waals surface area (Å²) in [4.78, 5) is 47.3. The Bertz CT molecular complexity index is 658. The number of carbonyl (C=O) groups excluding carboxylic acids is 4. The Kier molecular flexibility index (Phi) is 12.2. The molecule has 0 radical (unpaired) electrons. The number of rotatable bonds is 13. The number of hydrogen-bond donors (Lipinski definition) is 2. The number of hydrogen-bond acceptors (Lipinski definition) is 9. The number of methoxy groups -OCH3 is 2. The first kappa shape index (κ1) is 28.3. The zero-order chi connectivity index (χ0) is 24.2. The minimum absolute atomic E-state index is 0.0476.